The van der Waals surface area contributed by atoms with Gasteiger partial charge in [0, 0.05) is 11.4 Å². The van der Waals surface area contributed by atoms with E-state index in [0.29, 0.717) is 5.92 Å². The smallest absolute Gasteiger partial charge is 0.311 e. The molecule has 0 amide bonds. The van der Waals surface area contributed by atoms with E-state index in [1.807, 2.05) is 24.3 Å². The minimum atomic E-state index is -0.389. The van der Waals surface area contributed by atoms with Crippen molar-refractivity contribution in [3.8, 4) is 5.75 Å². The van der Waals surface area contributed by atoms with E-state index in [0.717, 1.165) is 49.2 Å². The minimum Gasteiger partial charge on any atom is -0.497 e. The van der Waals surface area contributed by atoms with Gasteiger partial charge in [-0.15, -0.1) is 0 Å². The first-order chi connectivity index (χ1) is 13.9. The van der Waals surface area contributed by atoms with Crippen LogP contribution in [-0.2, 0) is 21.4 Å². The molecule has 0 bridgehead atoms. The summed E-state index contributed by atoms with van der Waals surface area (Å²) in [5.74, 6) is 1.13. The molecule has 0 heterocycles. The summed E-state index contributed by atoms with van der Waals surface area (Å²) in [7, 11) is 3.20. The number of hydrogen-bond donors (Lipinski definition) is 1. The van der Waals surface area contributed by atoms with E-state index in [1.165, 1.54) is 18.2 Å². The van der Waals surface area contributed by atoms with Crippen LogP contribution >= 0.6 is 0 Å². The molecule has 2 aromatic rings. The fourth-order valence-corrected chi connectivity index (χ4v) is 5.89. The van der Waals surface area contributed by atoms with E-state index in [1.54, 1.807) is 7.11 Å². The predicted molar refractivity (Wildman–Crippen MR) is 116 cm³/mol. The third-order valence-corrected chi connectivity index (χ3v) is 7.38. The fourth-order valence-electron chi connectivity index (χ4n) is 5.89. The number of carbonyl (C=O) groups excluding carboxylic acids is 1. The van der Waals surface area contributed by atoms with Gasteiger partial charge in [-0.3, -0.25) is 4.79 Å². The lowest BCUT2D eigenvalue weighted by atomic mass is 9.50. The molecule has 4 rings (SSSR count). The van der Waals surface area contributed by atoms with E-state index in [4.69, 9.17) is 9.47 Å². The largest absolute Gasteiger partial charge is 0.497 e. The Morgan fingerprint density at radius 2 is 1.76 bits per heavy atom. The van der Waals surface area contributed by atoms with Gasteiger partial charge in [-0.05, 0) is 91.5 Å². The summed E-state index contributed by atoms with van der Waals surface area (Å²) in [6, 6.07) is 14.7. The Morgan fingerprint density at radius 3 is 2.45 bits per heavy atom. The molecule has 0 saturated heterocycles. The zero-order valence-electron chi connectivity index (χ0n) is 17.9. The van der Waals surface area contributed by atoms with Crippen LogP contribution < -0.4 is 10.1 Å². The van der Waals surface area contributed by atoms with Crippen LogP contribution in [0.5, 0.6) is 5.75 Å². The second-order valence-corrected chi connectivity index (χ2v) is 9.00. The quantitative estimate of drug-likeness (QED) is 0.685. The third kappa shape index (κ3) is 3.29. The lowest BCUT2D eigenvalue weighted by molar-refractivity contribution is -0.161. The summed E-state index contributed by atoms with van der Waals surface area (Å²) in [6.07, 6.45) is 5.14. The van der Waals surface area contributed by atoms with Crippen molar-refractivity contribution in [2.24, 2.45) is 11.3 Å². The number of carbonyl (C=O) groups is 1. The van der Waals surface area contributed by atoms with Gasteiger partial charge >= 0.3 is 5.97 Å². The van der Waals surface area contributed by atoms with Crippen molar-refractivity contribution in [1.82, 2.24) is 0 Å². The highest BCUT2D eigenvalue weighted by atomic mass is 16.5. The Hall–Kier alpha value is -2.49. The first kappa shape index (κ1) is 19.8. The van der Waals surface area contributed by atoms with Crippen LogP contribution in [0.15, 0.2) is 42.5 Å². The lowest BCUT2D eigenvalue weighted by Crippen LogP contribution is -2.52. The molecule has 1 fully saturated rings. The second kappa shape index (κ2) is 7.40. The lowest BCUT2D eigenvalue weighted by Gasteiger charge is -2.54. The zero-order chi connectivity index (χ0) is 20.6. The molecule has 1 saturated carbocycles. The number of fused-ring (bicyclic) bond motifs is 3. The predicted octanol–water partition coefficient (Wildman–Crippen LogP) is 5.62. The van der Waals surface area contributed by atoms with E-state index in [9.17, 15) is 4.79 Å². The standard InChI is InChI=1S/C25H31NO3/c1-24-14-5-15-25(2,23(27)29-4)22(24)13-6-17-16-19(9-12-21(17)24)26-18-7-10-20(28-3)11-8-18/h7-12,16,22,26H,5-6,13-15H2,1-4H3/t22?,24-,25?/m1/s1. The maximum atomic E-state index is 12.7. The topological polar surface area (TPSA) is 47.6 Å². The molecule has 0 aliphatic heterocycles. The maximum absolute atomic E-state index is 12.7. The molecule has 3 atom stereocenters. The van der Waals surface area contributed by atoms with Crippen molar-refractivity contribution in [3.63, 3.8) is 0 Å². The summed E-state index contributed by atoms with van der Waals surface area (Å²) in [5, 5.41) is 3.50. The van der Waals surface area contributed by atoms with Crippen LogP contribution in [0.3, 0.4) is 0 Å². The van der Waals surface area contributed by atoms with Crippen molar-refractivity contribution in [1.29, 1.82) is 0 Å². The van der Waals surface area contributed by atoms with Crippen molar-refractivity contribution < 1.29 is 14.3 Å². The van der Waals surface area contributed by atoms with Gasteiger partial charge < -0.3 is 14.8 Å². The number of ether oxygens (including phenoxy) is 2. The molecule has 1 N–H and O–H groups in total. The molecular formula is C25H31NO3. The molecule has 0 radical (unpaired) electrons. The molecular weight excluding hydrogens is 362 g/mol. The molecule has 4 nitrogen and oxygen atoms in total. The van der Waals surface area contributed by atoms with Crippen LogP contribution in [0.1, 0.15) is 50.7 Å². The number of anilines is 2. The summed E-state index contributed by atoms with van der Waals surface area (Å²) in [4.78, 5) is 12.7. The molecule has 2 aromatic carbocycles. The number of benzene rings is 2. The van der Waals surface area contributed by atoms with Crippen molar-refractivity contribution in [2.75, 3.05) is 19.5 Å². The number of methoxy groups -OCH3 is 2. The monoisotopic (exact) mass is 393 g/mol. The van der Waals surface area contributed by atoms with Crippen LogP contribution in [-0.4, -0.2) is 20.2 Å². The number of hydrogen-bond acceptors (Lipinski definition) is 4. The van der Waals surface area contributed by atoms with Crippen LogP contribution in [0, 0.1) is 11.3 Å². The van der Waals surface area contributed by atoms with Gasteiger partial charge in [0.15, 0.2) is 0 Å². The van der Waals surface area contributed by atoms with E-state index >= 15 is 0 Å². The van der Waals surface area contributed by atoms with Crippen LogP contribution in [0.2, 0.25) is 0 Å². The summed E-state index contributed by atoms with van der Waals surface area (Å²) in [6.45, 7) is 4.47. The molecule has 154 valence electrons. The number of rotatable bonds is 4. The zero-order valence-corrected chi connectivity index (χ0v) is 17.9. The molecule has 2 aliphatic carbocycles. The Kier molecular flexibility index (Phi) is 5.05. The Labute approximate surface area is 173 Å². The highest BCUT2D eigenvalue weighted by Gasteiger charge is 2.55. The molecule has 29 heavy (non-hydrogen) atoms. The highest BCUT2D eigenvalue weighted by Crippen LogP contribution is 2.57. The first-order valence-corrected chi connectivity index (χ1v) is 10.5. The van der Waals surface area contributed by atoms with Gasteiger partial charge in [0.25, 0.3) is 0 Å². The van der Waals surface area contributed by atoms with Crippen molar-refractivity contribution >= 4 is 17.3 Å². The Morgan fingerprint density at radius 1 is 1.03 bits per heavy atom. The van der Waals surface area contributed by atoms with Crippen LogP contribution in [0.4, 0.5) is 11.4 Å². The van der Waals surface area contributed by atoms with Crippen LogP contribution in [0.25, 0.3) is 0 Å². The number of esters is 1. The number of aryl methyl sites for hydroxylation is 1. The number of nitrogens with one attached hydrogen (secondary N) is 1. The SMILES string of the molecule is COC(=O)C1(C)CCC[C@]2(C)c3ccc(Nc4ccc(OC)cc4)cc3CCC12. The molecule has 4 heteroatoms. The molecule has 0 aromatic heterocycles. The van der Waals surface area contributed by atoms with E-state index in [2.05, 4.69) is 37.4 Å². The summed E-state index contributed by atoms with van der Waals surface area (Å²) in [5.41, 5.74) is 4.58. The normalized spacial score (nSPS) is 28.1. The van der Waals surface area contributed by atoms with Crippen molar-refractivity contribution in [3.05, 3.63) is 53.6 Å². The first-order valence-electron chi connectivity index (χ1n) is 10.5. The average Bonchev–Trinajstić information content (AvgIpc) is 2.73. The summed E-state index contributed by atoms with van der Waals surface area (Å²) >= 11 is 0. The fraction of sp³-hybridized carbons (Fsp3) is 0.480. The summed E-state index contributed by atoms with van der Waals surface area (Å²) < 4.78 is 10.5. The van der Waals surface area contributed by atoms with Crippen molar-refractivity contribution in [2.45, 2.75) is 51.4 Å². The second-order valence-electron chi connectivity index (χ2n) is 9.00. The van der Waals surface area contributed by atoms with Gasteiger partial charge in [-0.25, -0.2) is 0 Å². The average molecular weight is 394 g/mol. The Balaban J connectivity index is 1.63. The minimum absolute atomic E-state index is 0.0212. The molecule has 0 spiro atoms. The van der Waals surface area contributed by atoms with E-state index < -0.39 is 0 Å². The van der Waals surface area contributed by atoms with Gasteiger partial charge in [0.1, 0.15) is 5.75 Å². The van der Waals surface area contributed by atoms with E-state index in [-0.39, 0.29) is 16.8 Å². The van der Waals surface area contributed by atoms with Gasteiger partial charge in [0.05, 0.1) is 19.6 Å². The van der Waals surface area contributed by atoms with Gasteiger partial charge in [-0.2, -0.15) is 0 Å². The third-order valence-electron chi connectivity index (χ3n) is 7.38. The highest BCUT2D eigenvalue weighted by molar-refractivity contribution is 5.77. The van der Waals surface area contributed by atoms with Gasteiger partial charge in [0.2, 0.25) is 0 Å². The maximum Gasteiger partial charge on any atom is 0.311 e. The molecule has 2 unspecified atom stereocenters. The molecule has 2 aliphatic rings. The Bertz CT molecular complexity index is 907. The van der Waals surface area contributed by atoms with Gasteiger partial charge in [-0.1, -0.05) is 19.4 Å².